The zero-order chi connectivity index (χ0) is 11.1. The molecular weight excluding hydrogens is 217 g/mol. The fourth-order valence-electron chi connectivity index (χ4n) is 1.01. The number of hydrogen-bond donors (Lipinski definition) is 1. The Hall–Kier alpha value is -0.240. The van der Waals surface area contributed by atoms with E-state index in [1.807, 2.05) is 33.0 Å². The van der Waals surface area contributed by atoms with Crippen molar-refractivity contribution in [1.82, 2.24) is 5.32 Å². The van der Waals surface area contributed by atoms with Crippen LogP contribution in [0.5, 0.6) is 0 Å². The van der Waals surface area contributed by atoms with Crippen LogP contribution in [0.25, 0.3) is 0 Å². The van der Waals surface area contributed by atoms with Gasteiger partial charge in [-0.3, -0.25) is 0 Å². The van der Waals surface area contributed by atoms with Gasteiger partial charge in [-0.15, -0.1) is 0 Å². The topological polar surface area (TPSA) is 12.0 Å². The van der Waals surface area contributed by atoms with E-state index in [4.69, 9.17) is 23.2 Å². The van der Waals surface area contributed by atoms with Crippen LogP contribution in [-0.2, 0) is 0 Å². The lowest BCUT2D eigenvalue weighted by Gasteiger charge is -2.12. The Labute approximate surface area is 96.4 Å². The number of halogens is 2. The van der Waals surface area contributed by atoms with E-state index in [0.29, 0.717) is 10.0 Å². The Kier molecular flexibility index (Phi) is 6.98. The molecule has 14 heavy (non-hydrogen) atoms. The van der Waals surface area contributed by atoms with Gasteiger partial charge in [0.15, 0.2) is 0 Å². The molecule has 0 saturated heterocycles. The molecule has 0 aliphatic rings. The lowest BCUT2D eigenvalue weighted by molar-refractivity contribution is 0.652. The molecule has 0 spiro atoms. The third-order valence-electron chi connectivity index (χ3n) is 1.86. The highest BCUT2D eigenvalue weighted by atomic mass is 35.5. The van der Waals surface area contributed by atoms with Gasteiger partial charge in [-0.25, -0.2) is 0 Å². The lowest BCUT2D eigenvalue weighted by Crippen LogP contribution is -2.12. The van der Waals surface area contributed by atoms with Crippen molar-refractivity contribution in [2.75, 3.05) is 7.05 Å². The van der Waals surface area contributed by atoms with Gasteiger partial charge >= 0.3 is 0 Å². The molecule has 0 amide bonds. The van der Waals surface area contributed by atoms with Crippen LogP contribution in [0.15, 0.2) is 18.2 Å². The summed E-state index contributed by atoms with van der Waals surface area (Å²) in [6, 6.07) is 5.80. The molecule has 1 atom stereocenters. The van der Waals surface area contributed by atoms with Crippen LogP contribution >= 0.6 is 23.2 Å². The van der Waals surface area contributed by atoms with E-state index in [9.17, 15) is 0 Å². The van der Waals surface area contributed by atoms with Gasteiger partial charge in [-0.1, -0.05) is 43.1 Å². The summed E-state index contributed by atoms with van der Waals surface area (Å²) in [5.74, 6) is 0. The molecule has 0 aliphatic carbocycles. The Bertz CT molecular complexity index is 274. The summed E-state index contributed by atoms with van der Waals surface area (Å²) < 4.78 is 0. The summed E-state index contributed by atoms with van der Waals surface area (Å²) >= 11 is 11.7. The van der Waals surface area contributed by atoms with Crippen molar-refractivity contribution in [3.63, 3.8) is 0 Å². The largest absolute Gasteiger partial charge is 0.313 e. The SMILES string of the molecule is CC.CN[C@@H](C)c1ccc(Cl)cc1Cl. The third kappa shape index (κ3) is 3.87. The first-order valence-corrected chi connectivity index (χ1v) is 5.53. The minimum atomic E-state index is 0.259. The second-order valence-corrected chi connectivity index (χ2v) is 3.52. The summed E-state index contributed by atoms with van der Waals surface area (Å²) in [5.41, 5.74) is 1.07. The van der Waals surface area contributed by atoms with Gasteiger partial charge < -0.3 is 5.32 Å². The second kappa shape index (κ2) is 7.10. The molecule has 1 rings (SSSR count). The quantitative estimate of drug-likeness (QED) is 0.804. The molecule has 0 aliphatic heterocycles. The molecule has 3 heteroatoms. The average molecular weight is 234 g/mol. The molecule has 1 aromatic rings. The van der Waals surface area contributed by atoms with E-state index in [1.165, 1.54) is 0 Å². The van der Waals surface area contributed by atoms with Gasteiger partial charge in [-0.05, 0) is 31.7 Å². The summed E-state index contributed by atoms with van der Waals surface area (Å²) in [5, 5.41) is 4.50. The monoisotopic (exact) mass is 233 g/mol. The average Bonchev–Trinajstić information content (AvgIpc) is 2.20. The van der Waals surface area contributed by atoms with Crippen LogP contribution in [0.1, 0.15) is 32.4 Å². The van der Waals surface area contributed by atoms with Gasteiger partial charge in [0.05, 0.1) is 0 Å². The molecule has 0 heterocycles. The summed E-state index contributed by atoms with van der Waals surface area (Å²) in [6.07, 6.45) is 0. The second-order valence-electron chi connectivity index (χ2n) is 2.68. The maximum Gasteiger partial charge on any atom is 0.0468 e. The van der Waals surface area contributed by atoms with Gasteiger partial charge in [0.25, 0.3) is 0 Å². The van der Waals surface area contributed by atoms with E-state index in [1.54, 1.807) is 6.07 Å². The fraction of sp³-hybridized carbons (Fsp3) is 0.455. The van der Waals surface area contributed by atoms with Gasteiger partial charge in [-0.2, -0.15) is 0 Å². The molecule has 0 saturated carbocycles. The van der Waals surface area contributed by atoms with Gasteiger partial charge in [0.1, 0.15) is 0 Å². The molecule has 0 unspecified atom stereocenters. The van der Waals surface area contributed by atoms with E-state index in [2.05, 4.69) is 12.2 Å². The highest BCUT2D eigenvalue weighted by Gasteiger charge is 2.06. The first-order chi connectivity index (χ1) is 6.65. The van der Waals surface area contributed by atoms with Crippen molar-refractivity contribution in [2.24, 2.45) is 0 Å². The van der Waals surface area contributed by atoms with Gasteiger partial charge in [0, 0.05) is 16.1 Å². The Morgan fingerprint density at radius 1 is 1.21 bits per heavy atom. The number of hydrogen-bond acceptors (Lipinski definition) is 1. The maximum atomic E-state index is 5.98. The van der Waals surface area contributed by atoms with E-state index in [-0.39, 0.29) is 6.04 Å². The zero-order valence-electron chi connectivity index (χ0n) is 9.07. The zero-order valence-corrected chi connectivity index (χ0v) is 10.6. The molecule has 80 valence electrons. The smallest absolute Gasteiger partial charge is 0.0468 e. The third-order valence-corrected chi connectivity index (χ3v) is 2.42. The molecule has 0 bridgehead atoms. The molecule has 1 N–H and O–H groups in total. The normalized spacial score (nSPS) is 11.6. The van der Waals surface area contributed by atoms with Crippen LogP contribution in [0, 0.1) is 0 Å². The summed E-state index contributed by atoms with van der Waals surface area (Å²) in [4.78, 5) is 0. The van der Waals surface area contributed by atoms with Crippen molar-refractivity contribution in [1.29, 1.82) is 0 Å². The molecule has 0 fully saturated rings. The number of benzene rings is 1. The lowest BCUT2D eigenvalue weighted by atomic mass is 10.1. The van der Waals surface area contributed by atoms with Crippen LogP contribution in [0.2, 0.25) is 10.0 Å². The highest BCUT2D eigenvalue weighted by Crippen LogP contribution is 2.25. The Morgan fingerprint density at radius 2 is 1.79 bits per heavy atom. The van der Waals surface area contributed by atoms with Crippen molar-refractivity contribution < 1.29 is 0 Å². The summed E-state index contributed by atoms with van der Waals surface area (Å²) in [6.45, 7) is 6.05. The predicted molar refractivity (Wildman–Crippen MR) is 65.3 cm³/mol. The minimum Gasteiger partial charge on any atom is -0.313 e. The molecule has 1 aromatic carbocycles. The first-order valence-electron chi connectivity index (χ1n) is 4.77. The maximum absolute atomic E-state index is 5.98. The first kappa shape index (κ1) is 13.8. The van der Waals surface area contributed by atoms with Crippen LogP contribution in [0.4, 0.5) is 0 Å². The fourth-order valence-corrected chi connectivity index (χ4v) is 1.58. The minimum absolute atomic E-state index is 0.259. The van der Waals surface area contributed by atoms with Crippen molar-refractivity contribution in [2.45, 2.75) is 26.8 Å². The molecular formula is C11H17Cl2N. The van der Waals surface area contributed by atoms with Crippen molar-refractivity contribution in [3.8, 4) is 0 Å². The van der Waals surface area contributed by atoms with E-state index >= 15 is 0 Å². The van der Waals surface area contributed by atoms with Crippen molar-refractivity contribution in [3.05, 3.63) is 33.8 Å². The van der Waals surface area contributed by atoms with Gasteiger partial charge in [0.2, 0.25) is 0 Å². The van der Waals surface area contributed by atoms with Crippen LogP contribution in [-0.4, -0.2) is 7.05 Å². The standard InChI is InChI=1S/C9H11Cl2N.C2H6/c1-6(12-2)8-4-3-7(10)5-9(8)11;1-2/h3-6,12H,1-2H3;1-2H3/t6-;/m0./s1. The van der Waals surface area contributed by atoms with Crippen LogP contribution in [0.3, 0.4) is 0 Å². The van der Waals surface area contributed by atoms with E-state index < -0.39 is 0 Å². The molecule has 0 aromatic heterocycles. The van der Waals surface area contributed by atoms with Crippen LogP contribution < -0.4 is 5.32 Å². The summed E-state index contributed by atoms with van der Waals surface area (Å²) in [7, 11) is 1.90. The Balaban J connectivity index is 0.000000791. The number of rotatable bonds is 2. The van der Waals surface area contributed by atoms with E-state index in [0.717, 1.165) is 5.56 Å². The van der Waals surface area contributed by atoms with Crippen molar-refractivity contribution >= 4 is 23.2 Å². The number of nitrogens with one attached hydrogen (secondary N) is 1. The molecule has 0 radical (unpaired) electrons. The highest BCUT2D eigenvalue weighted by molar-refractivity contribution is 6.35. The Morgan fingerprint density at radius 3 is 2.21 bits per heavy atom. The predicted octanol–water partition coefficient (Wildman–Crippen LogP) is 4.30. The molecule has 1 nitrogen and oxygen atoms in total.